The summed E-state index contributed by atoms with van der Waals surface area (Å²) in [6, 6.07) is -0.534. The first kappa shape index (κ1) is 15.9. The van der Waals surface area contributed by atoms with Gasteiger partial charge in [-0.25, -0.2) is 4.79 Å². The van der Waals surface area contributed by atoms with Crippen molar-refractivity contribution in [1.82, 2.24) is 5.32 Å². The highest BCUT2D eigenvalue weighted by atomic mass is 16.6. The van der Waals surface area contributed by atoms with Crippen LogP contribution in [0, 0.1) is 0 Å². The van der Waals surface area contributed by atoms with Gasteiger partial charge in [-0.2, -0.15) is 0 Å². The van der Waals surface area contributed by atoms with E-state index in [9.17, 15) is 9.90 Å². The van der Waals surface area contributed by atoms with Crippen LogP contribution in [0.25, 0.3) is 0 Å². The van der Waals surface area contributed by atoms with Crippen molar-refractivity contribution in [1.29, 1.82) is 0 Å². The van der Waals surface area contributed by atoms with Crippen molar-refractivity contribution in [3.63, 3.8) is 0 Å². The molecule has 5 heteroatoms. The van der Waals surface area contributed by atoms with E-state index in [4.69, 9.17) is 9.84 Å². The van der Waals surface area contributed by atoms with Gasteiger partial charge >= 0.3 is 6.09 Å². The van der Waals surface area contributed by atoms with Crippen LogP contribution in [-0.2, 0) is 4.74 Å². The van der Waals surface area contributed by atoms with E-state index in [0.29, 0.717) is 12.8 Å². The smallest absolute Gasteiger partial charge is 0.407 e. The summed E-state index contributed by atoms with van der Waals surface area (Å²) < 4.78 is 5.07. The maximum Gasteiger partial charge on any atom is 0.407 e. The molecule has 0 aromatic rings. The fourth-order valence-electron chi connectivity index (χ4n) is 1.24. The molecule has 5 nitrogen and oxygen atoms in total. The lowest BCUT2D eigenvalue weighted by Crippen LogP contribution is -2.46. The molecule has 0 aliphatic rings. The molecule has 0 radical (unpaired) electrons. The van der Waals surface area contributed by atoms with Gasteiger partial charge < -0.3 is 20.3 Å². The van der Waals surface area contributed by atoms with Gasteiger partial charge in [-0.05, 0) is 33.6 Å². The molecule has 100 valence electrons. The number of ether oxygens (including phenoxy) is 1. The van der Waals surface area contributed by atoms with Crippen LogP contribution in [0.1, 0.15) is 33.6 Å². The number of nitrogens with one attached hydrogen (secondary N) is 1. The molecule has 2 atom stereocenters. The summed E-state index contributed by atoms with van der Waals surface area (Å²) >= 11 is 0. The van der Waals surface area contributed by atoms with Gasteiger partial charge in [-0.3, -0.25) is 0 Å². The lowest BCUT2D eigenvalue weighted by atomic mass is 10.1. The summed E-state index contributed by atoms with van der Waals surface area (Å²) in [4.78, 5) is 11.5. The first-order chi connectivity index (χ1) is 7.80. The van der Waals surface area contributed by atoms with E-state index in [-0.39, 0.29) is 0 Å². The SMILES string of the molecule is C=CCC[C@H](NC(=O)OC(C)(C)C)[C@H](O)CO. The molecule has 0 aromatic carbocycles. The van der Waals surface area contributed by atoms with E-state index in [1.54, 1.807) is 26.8 Å². The molecule has 0 rings (SSSR count). The Bertz CT molecular complexity index is 247. The van der Waals surface area contributed by atoms with Gasteiger partial charge in [0.1, 0.15) is 5.60 Å². The van der Waals surface area contributed by atoms with Crippen molar-refractivity contribution in [2.45, 2.75) is 51.4 Å². The second kappa shape index (κ2) is 7.29. The van der Waals surface area contributed by atoms with Gasteiger partial charge in [0.15, 0.2) is 0 Å². The number of amides is 1. The first-order valence-electron chi connectivity index (χ1n) is 5.69. The topological polar surface area (TPSA) is 78.8 Å². The fourth-order valence-corrected chi connectivity index (χ4v) is 1.24. The molecular formula is C12H23NO4. The zero-order chi connectivity index (χ0) is 13.5. The number of alkyl carbamates (subject to hydrolysis) is 1. The van der Waals surface area contributed by atoms with Crippen molar-refractivity contribution in [2.24, 2.45) is 0 Å². The lowest BCUT2D eigenvalue weighted by Gasteiger charge is -2.25. The average Bonchev–Trinajstić information content (AvgIpc) is 2.20. The third-order valence-electron chi connectivity index (χ3n) is 2.04. The predicted molar refractivity (Wildman–Crippen MR) is 65.7 cm³/mol. The van der Waals surface area contributed by atoms with Gasteiger partial charge in [0.05, 0.1) is 18.8 Å². The number of carbonyl (C=O) groups is 1. The molecule has 0 bridgehead atoms. The van der Waals surface area contributed by atoms with E-state index < -0.39 is 30.4 Å². The Balaban J connectivity index is 4.31. The average molecular weight is 245 g/mol. The maximum atomic E-state index is 11.5. The van der Waals surface area contributed by atoms with Crippen LogP contribution in [0.4, 0.5) is 4.79 Å². The Kier molecular flexibility index (Phi) is 6.83. The molecule has 0 aliphatic heterocycles. The van der Waals surface area contributed by atoms with Crippen LogP contribution >= 0.6 is 0 Å². The Morgan fingerprint density at radius 1 is 1.53 bits per heavy atom. The molecule has 0 heterocycles. The van der Waals surface area contributed by atoms with Crippen LogP contribution in [0.2, 0.25) is 0 Å². The van der Waals surface area contributed by atoms with Crippen molar-refractivity contribution >= 4 is 6.09 Å². The van der Waals surface area contributed by atoms with Crippen LogP contribution in [0.3, 0.4) is 0 Å². The zero-order valence-electron chi connectivity index (χ0n) is 10.8. The van der Waals surface area contributed by atoms with E-state index in [2.05, 4.69) is 11.9 Å². The van der Waals surface area contributed by atoms with Crippen LogP contribution in [0.15, 0.2) is 12.7 Å². The van der Waals surface area contributed by atoms with Crippen LogP contribution < -0.4 is 5.32 Å². The second-order valence-corrected chi connectivity index (χ2v) is 4.87. The summed E-state index contributed by atoms with van der Waals surface area (Å²) in [5, 5.41) is 21.0. The Morgan fingerprint density at radius 3 is 2.53 bits per heavy atom. The van der Waals surface area contributed by atoms with Gasteiger partial charge in [-0.15, -0.1) is 6.58 Å². The standard InChI is InChI=1S/C12H23NO4/c1-5-6-7-9(10(15)8-14)13-11(16)17-12(2,3)4/h5,9-10,14-15H,1,6-8H2,2-4H3,(H,13,16)/t9-,10+/m0/s1. The number of allylic oxidation sites excluding steroid dienone is 1. The molecule has 0 saturated carbocycles. The summed E-state index contributed by atoms with van der Waals surface area (Å²) in [5.41, 5.74) is -0.586. The number of aliphatic hydroxyl groups is 2. The molecular weight excluding hydrogens is 222 g/mol. The van der Waals surface area contributed by atoms with E-state index in [1.165, 1.54) is 0 Å². The minimum absolute atomic E-state index is 0.405. The Morgan fingerprint density at radius 2 is 2.12 bits per heavy atom. The molecule has 0 spiro atoms. The second-order valence-electron chi connectivity index (χ2n) is 4.87. The summed E-state index contributed by atoms with van der Waals surface area (Å²) in [6.45, 7) is 8.44. The summed E-state index contributed by atoms with van der Waals surface area (Å²) in [7, 11) is 0. The summed E-state index contributed by atoms with van der Waals surface area (Å²) in [6.07, 6.45) is 1.23. The van der Waals surface area contributed by atoms with Gasteiger partial charge in [0.25, 0.3) is 0 Å². The quantitative estimate of drug-likeness (QED) is 0.614. The van der Waals surface area contributed by atoms with Gasteiger partial charge in [-0.1, -0.05) is 6.08 Å². The monoisotopic (exact) mass is 245 g/mol. The van der Waals surface area contributed by atoms with Crippen molar-refractivity contribution < 1.29 is 19.7 Å². The third-order valence-corrected chi connectivity index (χ3v) is 2.04. The normalized spacial score (nSPS) is 14.9. The Labute approximate surface area is 102 Å². The van der Waals surface area contributed by atoms with Crippen molar-refractivity contribution in [3.05, 3.63) is 12.7 Å². The zero-order valence-corrected chi connectivity index (χ0v) is 10.8. The fraction of sp³-hybridized carbons (Fsp3) is 0.750. The van der Waals surface area contributed by atoms with E-state index in [0.717, 1.165) is 0 Å². The highest BCUT2D eigenvalue weighted by Gasteiger charge is 2.23. The number of hydrogen-bond donors (Lipinski definition) is 3. The predicted octanol–water partition coefficient (Wildman–Crippen LogP) is 1.20. The Hall–Kier alpha value is -1.07. The highest BCUT2D eigenvalue weighted by Crippen LogP contribution is 2.09. The van der Waals surface area contributed by atoms with Gasteiger partial charge in [0, 0.05) is 0 Å². The van der Waals surface area contributed by atoms with Crippen molar-refractivity contribution in [3.8, 4) is 0 Å². The molecule has 17 heavy (non-hydrogen) atoms. The highest BCUT2D eigenvalue weighted by molar-refractivity contribution is 5.68. The van der Waals surface area contributed by atoms with Crippen molar-refractivity contribution in [2.75, 3.05) is 6.61 Å². The minimum atomic E-state index is -0.998. The number of rotatable bonds is 6. The molecule has 0 unspecified atom stereocenters. The molecule has 1 amide bonds. The molecule has 3 N–H and O–H groups in total. The largest absolute Gasteiger partial charge is 0.444 e. The minimum Gasteiger partial charge on any atom is -0.444 e. The summed E-state index contributed by atoms with van der Waals surface area (Å²) in [5.74, 6) is 0. The number of carbonyl (C=O) groups excluding carboxylic acids is 1. The van der Waals surface area contributed by atoms with E-state index in [1.807, 2.05) is 0 Å². The number of hydrogen-bond acceptors (Lipinski definition) is 4. The maximum absolute atomic E-state index is 11.5. The molecule has 0 fully saturated rings. The molecule has 0 saturated heterocycles. The van der Waals surface area contributed by atoms with Gasteiger partial charge in [0.2, 0.25) is 0 Å². The first-order valence-corrected chi connectivity index (χ1v) is 5.69. The number of aliphatic hydroxyl groups excluding tert-OH is 2. The molecule has 0 aromatic heterocycles. The third kappa shape index (κ3) is 7.76. The lowest BCUT2D eigenvalue weighted by molar-refractivity contribution is 0.0307. The van der Waals surface area contributed by atoms with Crippen LogP contribution in [0.5, 0.6) is 0 Å². The van der Waals surface area contributed by atoms with E-state index >= 15 is 0 Å². The van der Waals surface area contributed by atoms with Crippen LogP contribution in [-0.4, -0.2) is 40.7 Å². The molecule has 0 aliphatic carbocycles.